The molecular formula is C13H21N3O2S. The summed E-state index contributed by atoms with van der Waals surface area (Å²) in [4.78, 5) is 15.9. The molecule has 106 valence electrons. The van der Waals surface area contributed by atoms with E-state index < -0.39 is 11.4 Å². The zero-order valence-electron chi connectivity index (χ0n) is 11.5. The van der Waals surface area contributed by atoms with Gasteiger partial charge in [-0.25, -0.2) is 4.98 Å². The first-order valence-electron chi connectivity index (χ1n) is 6.84. The molecule has 0 unspecified atom stereocenters. The van der Waals surface area contributed by atoms with Crippen molar-refractivity contribution >= 4 is 22.6 Å². The third-order valence-corrected chi connectivity index (χ3v) is 4.49. The molecule has 1 heterocycles. The standard InChI is InChI=1S/C13H21N3O2S/c1-9(2)10-15-12(19-16-10)14-8-13(11(17)18)6-4-3-5-7-13/h9H,3-8H2,1-2H3,(H,17,18)(H,14,15,16). The van der Waals surface area contributed by atoms with Crippen LogP contribution in [0.15, 0.2) is 0 Å². The number of hydrogen-bond acceptors (Lipinski definition) is 5. The highest BCUT2D eigenvalue weighted by Gasteiger charge is 2.39. The van der Waals surface area contributed by atoms with Gasteiger partial charge < -0.3 is 10.4 Å². The van der Waals surface area contributed by atoms with Crippen molar-refractivity contribution in [2.45, 2.75) is 51.9 Å². The maximum absolute atomic E-state index is 11.5. The fourth-order valence-corrected chi connectivity index (χ4v) is 3.18. The van der Waals surface area contributed by atoms with Gasteiger partial charge in [0.2, 0.25) is 5.13 Å². The van der Waals surface area contributed by atoms with Crippen LogP contribution in [-0.2, 0) is 4.79 Å². The summed E-state index contributed by atoms with van der Waals surface area (Å²) in [6.07, 6.45) is 4.66. The fourth-order valence-electron chi connectivity index (χ4n) is 2.48. The van der Waals surface area contributed by atoms with E-state index in [-0.39, 0.29) is 0 Å². The lowest BCUT2D eigenvalue weighted by Crippen LogP contribution is -2.39. The maximum atomic E-state index is 11.5. The van der Waals surface area contributed by atoms with E-state index in [9.17, 15) is 9.90 Å². The number of aromatic nitrogens is 2. The summed E-state index contributed by atoms with van der Waals surface area (Å²) in [6, 6.07) is 0. The minimum absolute atomic E-state index is 0.301. The minimum atomic E-state index is -0.687. The van der Waals surface area contributed by atoms with Gasteiger partial charge in [0.05, 0.1) is 5.41 Å². The van der Waals surface area contributed by atoms with E-state index in [2.05, 4.69) is 14.7 Å². The van der Waals surface area contributed by atoms with E-state index in [4.69, 9.17) is 0 Å². The third kappa shape index (κ3) is 3.23. The van der Waals surface area contributed by atoms with E-state index in [1.807, 2.05) is 13.8 Å². The first-order valence-corrected chi connectivity index (χ1v) is 7.62. The Bertz CT molecular complexity index is 439. The molecule has 0 atom stereocenters. The van der Waals surface area contributed by atoms with Gasteiger partial charge in [-0.3, -0.25) is 4.79 Å². The number of carboxylic acids is 1. The first-order chi connectivity index (χ1) is 9.03. The van der Waals surface area contributed by atoms with Gasteiger partial charge in [0.25, 0.3) is 0 Å². The van der Waals surface area contributed by atoms with Crippen LogP contribution in [0.4, 0.5) is 5.13 Å². The highest BCUT2D eigenvalue weighted by Crippen LogP contribution is 2.37. The van der Waals surface area contributed by atoms with Crippen molar-refractivity contribution in [3.8, 4) is 0 Å². The lowest BCUT2D eigenvalue weighted by Gasteiger charge is -2.33. The highest BCUT2D eigenvalue weighted by molar-refractivity contribution is 7.09. The van der Waals surface area contributed by atoms with Crippen molar-refractivity contribution in [1.29, 1.82) is 0 Å². The number of carbonyl (C=O) groups is 1. The van der Waals surface area contributed by atoms with Crippen molar-refractivity contribution < 1.29 is 9.90 Å². The Morgan fingerprint density at radius 3 is 2.63 bits per heavy atom. The number of nitrogens with one attached hydrogen (secondary N) is 1. The number of hydrogen-bond donors (Lipinski definition) is 2. The molecule has 0 saturated heterocycles. The SMILES string of the molecule is CC(C)c1nsc(NCC2(C(=O)O)CCCCC2)n1. The van der Waals surface area contributed by atoms with Gasteiger partial charge in [-0.05, 0) is 12.8 Å². The largest absolute Gasteiger partial charge is 0.481 e. The van der Waals surface area contributed by atoms with E-state index in [1.54, 1.807) is 0 Å². The molecule has 5 nitrogen and oxygen atoms in total. The zero-order valence-corrected chi connectivity index (χ0v) is 12.3. The Labute approximate surface area is 117 Å². The van der Waals surface area contributed by atoms with E-state index >= 15 is 0 Å². The van der Waals surface area contributed by atoms with Crippen molar-refractivity contribution in [3.05, 3.63) is 5.82 Å². The summed E-state index contributed by atoms with van der Waals surface area (Å²) in [6.45, 7) is 4.55. The normalized spacial score (nSPS) is 18.5. The number of carboxylic acid groups (broad SMARTS) is 1. The summed E-state index contributed by atoms with van der Waals surface area (Å²) in [5, 5.41) is 13.4. The average molecular weight is 283 g/mol. The topological polar surface area (TPSA) is 75.1 Å². The molecule has 1 aliphatic carbocycles. The van der Waals surface area contributed by atoms with Crippen LogP contribution in [0.5, 0.6) is 0 Å². The van der Waals surface area contributed by atoms with Crippen molar-refractivity contribution in [3.63, 3.8) is 0 Å². The third-order valence-electron chi connectivity index (χ3n) is 3.80. The van der Waals surface area contributed by atoms with Gasteiger partial charge in [0.1, 0.15) is 5.82 Å². The van der Waals surface area contributed by atoms with Crippen LogP contribution in [-0.4, -0.2) is 27.0 Å². The highest BCUT2D eigenvalue weighted by atomic mass is 32.1. The van der Waals surface area contributed by atoms with Crippen LogP contribution in [0.2, 0.25) is 0 Å². The van der Waals surface area contributed by atoms with Crippen LogP contribution < -0.4 is 5.32 Å². The smallest absolute Gasteiger partial charge is 0.311 e. The van der Waals surface area contributed by atoms with E-state index in [0.717, 1.165) is 43.1 Å². The lowest BCUT2D eigenvalue weighted by atomic mass is 9.74. The van der Waals surface area contributed by atoms with Gasteiger partial charge in [0, 0.05) is 24.0 Å². The molecule has 1 aliphatic rings. The minimum Gasteiger partial charge on any atom is -0.481 e. The maximum Gasteiger partial charge on any atom is 0.311 e. The van der Waals surface area contributed by atoms with Crippen LogP contribution in [0, 0.1) is 5.41 Å². The second-order valence-corrected chi connectivity index (χ2v) is 6.36. The molecule has 6 heteroatoms. The Hall–Kier alpha value is -1.17. The second kappa shape index (κ2) is 5.86. The van der Waals surface area contributed by atoms with E-state index in [1.165, 1.54) is 11.5 Å². The van der Waals surface area contributed by atoms with E-state index in [0.29, 0.717) is 12.5 Å². The van der Waals surface area contributed by atoms with Crippen LogP contribution in [0.1, 0.15) is 57.7 Å². The summed E-state index contributed by atoms with van der Waals surface area (Å²) in [5.41, 5.74) is -0.623. The fraction of sp³-hybridized carbons (Fsp3) is 0.769. The summed E-state index contributed by atoms with van der Waals surface area (Å²) in [7, 11) is 0. The molecular weight excluding hydrogens is 262 g/mol. The summed E-state index contributed by atoms with van der Waals surface area (Å²) < 4.78 is 4.27. The quantitative estimate of drug-likeness (QED) is 0.868. The molecule has 1 aromatic heterocycles. The van der Waals surface area contributed by atoms with Crippen LogP contribution >= 0.6 is 11.5 Å². The molecule has 0 spiro atoms. The van der Waals surface area contributed by atoms with Crippen LogP contribution in [0.3, 0.4) is 0 Å². The first kappa shape index (κ1) is 14.2. The van der Waals surface area contributed by atoms with Crippen molar-refractivity contribution in [2.75, 3.05) is 11.9 Å². The Balaban J connectivity index is 2.00. The van der Waals surface area contributed by atoms with Gasteiger partial charge in [0.15, 0.2) is 0 Å². The molecule has 1 saturated carbocycles. The molecule has 1 aromatic rings. The molecule has 0 aromatic carbocycles. The van der Waals surface area contributed by atoms with Gasteiger partial charge in [-0.1, -0.05) is 33.1 Å². The second-order valence-electron chi connectivity index (χ2n) is 5.61. The summed E-state index contributed by atoms with van der Waals surface area (Å²) in [5.74, 6) is 0.434. The van der Waals surface area contributed by atoms with Crippen LogP contribution in [0.25, 0.3) is 0 Å². The molecule has 19 heavy (non-hydrogen) atoms. The number of anilines is 1. The molecule has 1 fully saturated rings. The molecule has 0 radical (unpaired) electrons. The predicted octanol–water partition coefficient (Wildman–Crippen LogP) is 3.11. The van der Waals surface area contributed by atoms with Gasteiger partial charge in [-0.2, -0.15) is 4.37 Å². The van der Waals surface area contributed by atoms with Gasteiger partial charge >= 0.3 is 5.97 Å². The lowest BCUT2D eigenvalue weighted by molar-refractivity contribution is -0.150. The number of nitrogens with zero attached hydrogens (tertiary/aromatic N) is 2. The molecule has 0 aliphatic heterocycles. The van der Waals surface area contributed by atoms with Crippen molar-refractivity contribution in [1.82, 2.24) is 9.36 Å². The monoisotopic (exact) mass is 283 g/mol. The Kier molecular flexibility index (Phi) is 4.39. The molecule has 2 N–H and O–H groups in total. The molecule has 2 rings (SSSR count). The molecule has 0 amide bonds. The number of aliphatic carboxylic acids is 1. The number of rotatable bonds is 5. The van der Waals surface area contributed by atoms with Gasteiger partial charge in [-0.15, -0.1) is 0 Å². The van der Waals surface area contributed by atoms with Crippen molar-refractivity contribution in [2.24, 2.45) is 5.41 Å². The predicted molar refractivity (Wildman–Crippen MR) is 75.6 cm³/mol. The average Bonchev–Trinajstić information content (AvgIpc) is 2.86. The molecule has 0 bridgehead atoms. The Morgan fingerprint density at radius 2 is 2.11 bits per heavy atom. The zero-order chi connectivity index (χ0) is 13.9. The Morgan fingerprint density at radius 1 is 1.42 bits per heavy atom. The summed E-state index contributed by atoms with van der Waals surface area (Å²) >= 11 is 1.31.